The third kappa shape index (κ3) is 66.7. The molecule has 2 N–H and O–H groups in total. The highest BCUT2D eigenvalue weighted by Gasteiger charge is 2.29. The molecule has 5 atom stereocenters. The van der Waals surface area contributed by atoms with Crippen LogP contribution < -0.4 is 0 Å². The fourth-order valence-electron chi connectivity index (χ4n) is 11.3. The topological polar surface area (TPSA) is 217 Å². The maximum Gasteiger partial charge on any atom is 0.472 e. The summed E-state index contributed by atoms with van der Waals surface area (Å²) < 4.78 is 70.2. The average molecular weight is 1350 g/mol. The molecule has 0 aromatic carbocycles. The van der Waals surface area contributed by atoms with Crippen LogP contribution in [-0.4, -0.2) is 98.5 Å². The normalized spacial score (nSPS) is 13.9. The molecule has 0 aliphatic carbocycles. The fourth-order valence-corrected chi connectivity index (χ4v) is 13.1. The van der Waals surface area contributed by atoms with Gasteiger partial charge in [0.05, 0.1) is 26.4 Å². The first kappa shape index (κ1) is 90.1. The number of esters is 4. The standard InChI is InChI=1S/C74H144O16P2/c1-6-10-14-18-22-26-30-34-38-42-46-50-54-58-71(76)83-64-69(89-73(78)60-56-52-48-44-40-36-32-28-24-20-16-12-8-3)66-86-91(5,80)85-62-68(75)63-87-92(81,82)88-67-70(90-74(79)61-57-53-49-45-41-37-33-29-25-21-17-13-9-4)65-84-72(77)59-55-51-47-43-39-35-31-27-23-19-15-11-7-2/h68-70,75H,6-67H2,1-5H3,(H,81,82). The molecular formula is C74H144O16P2. The first-order chi connectivity index (χ1) is 44.7. The van der Waals surface area contributed by atoms with Crippen molar-refractivity contribution in [3.63, 3.8) is 0 Å². The number of carbonyl (C=O) groups excluding carboxylic acids is 4. The van der Waals surface area contributed by atoms with E-state index >= 15 is 0 Å². The van der Waals surface area contributed by atoms with Crippen molar-refractivity contribution >= 4 is 39.3 Å². The first-order valence-corrected chi connectivity index (χ1v) is 42.0. The predicted octanol–water partition coefficient (Wildman–Crippen LogP) is 22.2. The Balaban J connectivity index is 5.25. The van der Waals surface area contributed by atoms with Crippen LogP contribution in [0.2, 0.25) is 0 Å². The number of carbonyl (C=O) groups is 4. The van der Waals surface area contributed by atoms with Crippen molar-refractivity contribution in [3.8, 4) is 0 Å². The maximum absolute atomic E-state index is 13.5. The van der Waals surface area contributed by atoms with Gasteiger partial charge in [0.15, 0.2) is 12.2 Å². The van der Waals surface area contributed by atoms with Crippen LogP contribution in [0.4, 0.5) is 0 Å². The zero-order valence-corrected chi connectivity index (χ0v) is 61.9. The highest BCUT2D eigenvalue weighted by molar-refractivity contribution is 7.53. The van der Waals surface area contributed by atoms with Gasteiger partial charge in [-0.05, 0) is 25.7 Å². The van der Waals surface area contributed by atoms with Gasteiger partial charge in [-0.3, -0.25) is 32.8 Å². The molecular weight excluding hydrogens is 1210 g/mol. The second-order valence-electron chi connectivity index (χ2n) is 26.6. The SMILES string of the molecule is CCCCCCCCCCCCCCCC(=O)OCC(COP(C)(=O)OCC(O)COP(=O)(O)OCC(COC(=O)CCCCCCCCCCCCCCC)OC(=O)CCCCCCCCCCCCCCC)OC(=O)CCCCCCCCCCCCCCC. The van der Waals surface area contributed by atoms with Crippen molar-refractivity contribution in [2.45, 2.75) is 406 Å². The van der Waals surface area contributed by atoms with E-state index in [4.69, 9.17) is 37.0 Å². The van der Waals surface area contributed by atoms with Gasteiger partial charge in [0.1, 0.15) is 19.3 Å². The molecule has 0 rings (SSSR count). The average Bonchev–Trinajstić information content (AvgIpc) is 3.63. The minimum atomic E-state index is -4.89. The van der Waals surface area contributed by atoms with Gasteiger partial charge in [0, 0.05) is 32.3 Å². The van der Waals surface area contributed by atoms with Gasteiger partial charge < -0.3 is 38.0 Å². The number of phosphoric ester groups is 1. The Morgan fingerprint density at radius 2 is 0.478 bits per heavy atom. The maximum atomic E-state index is 13.5. The summed E-state index contributed by atoms with van der Waals surface area (Å²) in [6.07, 6.45) is 57.8. The summed E-state index contributed by atoms with van der Waals surface area (Å²) in [7, 11) is -8.84. The molecule has 0 bridgehead atoms. The second kappa shape index (κ2) is 67.7. The third-order valence-electron chi connectivity index (χ3n) is 17.2. The smallest absolute Gasteiger partial charge is 0.462 e. The van der Waals surface area contributed by atoms with Crippen molar-refractivity contribution in [2.75, 3.05) is 46.3 Å². The van der Waals surface area contributed by atoms with E-state index in [0.717, 1.165) is 77.0 Å². The minimum absolute atomic E-state index is 0.129. The van der Waals surface area contributed by atoms with Gasteiger partial charge >= 0.3 is 39.3 Å². The Hall–Kier alpha value is -1.90. The number of unbranched alkanes of at least 4 members (excludes halogenated alkanes) is 48. The van der Waals surface area contributed by atoms with E-state index < -0.39 is 84.0 Å². The summed E-state index contributed by atoms with van der Waals surface area (Å²) in [6.45, 7) is 6.96. The zero-order valence-electron chi connectivity index (χ0n) is 60.1. The van der Waals surface area contributed by atoms with Gasteiger partial charge in [-0.15, -0.1) is 0 Å². The molecule has 18 heteroatoms. The van der Waals surface area contributed by atoms with Crippen LogP contribution in [0.15, 0.2) is 0 Å². The highest BCUT2D eigenvalue weighted by atomic mass is 31.2. The van der Waals surface area contributed by atoms with Crippen LogP contribution in [-0.2, 0) is 65.4 Å². The van der Waals surface area contributed by atoms with Gasteiger partial charge in [0.25, 0.3) is 0 Å². The summed E-state index contributed by atoms with van der Waals surface area (Å²) in [6, 6.07) is 0. The Morgan fingerprint density at radius 3 is 0.739 bits per heavy atom. The Bertz CT molecular complexity index is 1630. The summed E-state index contributed by atoms with van der Waals surface area (Å²) in [5, 5.41) is 10.7. The lowest BCUT2D eigenvalue weighted by molar-refractivity contribution is -0.161. The van der Waals surface area contributed by atoms with E-state index in [1.165, 1.54) is 238 Å². The number of aliphatic hydroxyl groups excluding tert-OH is 1. The van der Waals surface area contributed by atoms with Gasteiger partial charge in [-0.2, -0.15) is 0 Å². The molecule has 16 nitrogen and oxygen atoms in total. The number of phosphoric acid groups is 1. The van der Waals surface area contributed by atoms with E-state index in [9.17, 15) is 38.3 Å². The van der Waals surface area contributed by atoms with Crippen LogP contribution in [0.5, 0.6) is 0 Å². The number of aliphatic hydroxyl groups is 1. The summed E-state index contributed by atoms with van der Waals surface area (Å²) in [5.74, 6) is -1.92. The quantitative estimate of drug-likeness (QED) is 0.0250. The molecule has 0 spiro atoms. The molecule has 0 saturated heterocycles. The second-order valence-corrected chi connectivity index (χ2v) is 30.1. The third-order valence-corrected chi connectivity index (χ3v) is 19.4. The number of hydrogen-bond acceptors (Lipinski definition) is 15. The van der Waals surface area contributed by atoms with Gasteiger partial charge in [0.2, 0.25) is 0 Å². The summed E-state index contributed by atoms with van der Waals surface area (Å²) >= 11 is 0. The number of rotatable bonds is 74. The zero-order chi connectivity index (χ0) is 67.5. The van der Waals surface area contributed by atoms with Crippen LogP contribution in [0.3, 0.4) is 0 Å². The van der Waals surface area contributed by atoms with Crippen molar-refractivity contribution in [3.05, 3.63) is 0 Å². The number of hydrogen-bond donors (Lipinski definition) is 2. The largest absolute Gasteiger partial charge is 0.472 e. The fraction of sp³-hybridized carbons (Fsp3) is 0.946. The molecule has 92 heavy (non-hydrogen) atoms. The van der Waals surface area contributed by atoms with Crippen molar-refractivity contribution < 1.29 is 75.4 Å². The Kier molecular flexibility index (Phi) is 66.3. The van der Waals surface area contributed by atoms with E-state index in [2.05, 4.69) is 27.7 Å². The molecule has 0 fully saturated rings. The molecule has 0 aromatic rings. The van der Waals surface area contributed by atoms with E-state index in [0.29, 0.717) is 25.7 Å². The Labute approximate surface area is 564 Å². The van der Waals surface area contributed by atoms with Crippen molar-refractivity contribution in [1.82, 2.24) is 0 Å². The number of ether oxygens (including phenoxy) is 4. The molecule has 0 amide bonds. The molecule has 5 unspecified atom stereocenters. The molecule has 0 heterocycles. The molecule has 0 aliphatic heterocycles. The van der Waals surface area contributed by atoms with Crippen LogP contribution in [0.25, 0.3) is 0 Å². The molecule has 0 saturated carbocycles. The monoisotopic (exact) mass is 1350 g/mol. The molecule has 0 aromatic heterocycles. The van der Waals surface area contributed by atoms with Crippen LogP contribution in [0, 0.1) is 0 Å². The van der Waals surface area contributed by atoms with Gasteiger partial charge in [-0.1, -0.05) is 336 Å². The predicted molar refractivity (Wildman–Crippen MR) is 376 cm³/mol. The van der Waals surface area contributed by atoms with Gasteiger partial charge in [-0.25, -0.2) is 4.57 Å². The van der Waals surface area contributed by atoms with E-state index in [1.807, 2.05) is 0 Å². The van der Waals surface area contributed by atoms with Crippen LogP contribution >= 0.6 is 15.4 Å². The van der Waals surface area contributed by atoms with E-state index in [-0.39, 0.29) is 38.9 Å². The van der Waals surface area contributed by atoms with E-state index in [1.54, 1.807) is 0 Å². The molecule has 0 radical (unpaired) electrons. The highest BCUT2D eigenvalue weighted by Crippen LogP contribution is 2.46. The van der Waals surface area contributed by atoms with Crippen molar-refractivity contribution in [2.24, 2.45) is 0 Å². The lowest BCUT2D eigenvalue weighted by Gasteiger charge is -2.22. The Morgan fingerprint density at radius 1 is 0.283 bits per heavy atom. The first-order valence-electron chi connectivity index (χ1n) is 38.5. The summed E-state index contributed by atoms with van der Waals surface area (Å²) in [4.78, 5) is 62.3. The lowest BCUT2D eigenvalue weighted by atomic mass is 10.0. The van der Waals surface area contributed by atoms with Crippen LogP contribution in [0.1, 0.15) is 387 Å². The molecule has 0 aliphatic rings. The minimum Gasteiger partial charge on any atom is -0.462 e. The molecule has 546 valence electrons. The lowest BCUT2D eigenvalue weighted by Crippen LogP contribution is -2.30. The van der Waals surface area contributed by atoms with Crippen molar-refractivity contribution in [1.29, 1.82) is 0 Å². The summed E-state index contributed by atoms with van der Waals surface area (Å²) in [5.41, 5.74) is 0.